The minimum atomic E-state index is -3.23. The highest BCUT2D eigenvalue weighted by Gasteiger charge is 2.28. The second-order valence-corrected chi connectivity index (χ2v) is 6.34. The summed E-state index contributed by atoms with van der Waals surface area (Å²) in [6, 6.07) is 7.31. The van der Waals surface area contributed by atoms with Crippen molar-refractivity contribution in [2.45, 2.75) is 31.6 Å². The number of rotatable bonds is 4. The Labute approximate surface area is 97.0 Å². The first kappa shape index (κ1) is 13.2. The molecule has 0 bridgehead atoms. The van der Waals surface area contributed by atoms with E-state index in [1.807, 2.05) is 19.1 Å². The summed E-state index contributed by atoms with van der Waals surface area (Å²) >= 11 is 0. The van der Waals surface area contributed by atoms with Crippen molar-refractivity contribution in [2.24, 2.45) is 0 Å². The van der Waals surface area contributed by atoms with Crippen molar-refractivity contribution < 1.29 is 13.5 Å². The summed E-state index contributed by atoms with van der Waals surface area (Å²) in [5.41, 5.74) is 1.61. The fourth-order valence-electron chi connectivity index (χ4n) is 1.88. The topological polar surface area (TPSA) is 54.4 Å². The highest BCUT2D eigenvalue weighted by atomic mass is 32.2. The molecule has 2 atom stereocenters. The van der Waals surface area contributed by atoms with Crippen LogP contribution in [0.4, 0.5) is 0 Å². The molecule has 1 aromatic rings. The summed E-state index contributed by atoms with van der Waals surface area (Å²) in [6.45, 7) is 3.64. The van der Waals surface area contributed by atoms with Gasteiger partial charge >= 0.3 is 0 Å². The predicted molar refractivity (Wildman–Crippen MR) is 65.1 cm³/mol. The molecule has 16 heavy (non-hydrogen) atoms. The van der Waals surface area contributed by atoms with Crippen molar-refractivity contribution in [3.63, 3.8) is 0 Å². The minimum Gasteiger partial charge on any atom is -0.387 e. The van der Waals surface area contributed by atoms with Gasteiger partial charge in [0.15, 0.2) is 9.84 Å². The van der Waals surface area contributed by atoms with Crippen molar-refractivity contribution in [3.8, 4) is 0 Å². The predicted octanol–water partition coefficient (Wildman–Crippen LogP) is 1.85. The molecule has 0 saturated heterocycles. The highest BCUT2D eigenvalue weighted by Crippen LogP contribution is 2.26. The molecule has 1 N–H and O–H groups in total. The third kappa shape index (κ3) is 2.83. The molecule has 3 nitrogen and oxygen atoms in total. The summed E-state index contributed by atoms with van der Waals surface area (Å²) in [5, 5.41) is 9.39. The van der Waals surface area contributed by atoms with Crippen LogP contribution in [0.2, 0.25) is 0 Å². The van der Waals surface area contributed by atoms with E-state index in [0.29, 0.717) is 12.0 Å². The van der Waals surface area contributed by atoms with Gasteiger partial charge in [0.25, 0.3) is 0 Å². The van der Waals surface area contributed by atoms with E-state index < -0.39 is 21.2 Å². The number of hydrogen-bond donors (Lipinski definition) is 1. The van der Waals surface area contributed by atoms with E-state index in [2.05, 4.69) is 0 Å². The van der Waals surface area contributed by atoms with Gasteiger partial charge in [-0.25, -0.2) is 8.42 Å². The molecule has 0 spiro atoms. The zero-order valence-corrected chi connectivity index (χ0v) is 10.7. The normalized spacial score (nSPS) is 15.8. The molecule has 0 aliphatic heterocycles. The summed E-state index contributed by atoms with van der Waals surface area (Å²) < 4.78 is 23.1. The van der Waals surface area contributed by atoms with Gasteiger partial charge in [-0.15, -0.1) is 0 Å². The first-order valence-corrected chi connectivity index (χ1v) is 7.25. The molecule has 0 aliphatic rings. The van der Waals surface area contributed by atoms with E-state index >= 15 is 0 Å². The van der Waals surface area contributed by atoms with Crippen LogP contribution >= 0.6 is 0 Å². The molecule has 1 aromatic carbocycles. The molecular weight excluding hydrogens is 224 g/mol. The maximum absolute atomic E-state index is 11.5. The van der Waals surface area contributed by atoms with Gasteiger partial charge in [-0.2, -0.15) is 0 Å². The Kier molecular flexibility index (Phi) is 4.10. The van der Waals surface area contributed by atoms with Crippen molar-refractivity contribution in [3.05, 3.63) is 35.4 Å². The Morgan fingerprint density at radius 3 is 2.31 bits per heavy atom. The molecular formula is C12H18O3S. The Morgan fingerprint density at radius 2 is 1.88 bits per heavy atom. The van der Waals surface area contributed by atoms with Crippen LogP contribution in [0.15, 0.2) is 24.3 Å². The monoisotopic (exact) mass is 242 g/mol. The van der Waals surface area contributed by atoms with E-state index in [1.165, 1.54) is 6.26 Å². The van der Waals surface area contributed by atoms with Crippen LogP contribution in [0, 0.1) is 6.92 Å². The molecule has 4 heteroatoms. The first-order valence-electron chi connectivity index (χ1n) is 5.30. The molecule has 0 aliphatic carbocycles. The number of aryl methyl sites for hydroxylation is 1. The standard InChI is InChI=1S/C12H18O3S/c1-4-11(16(3,14)15)12(13)10-8-6-5-7-9(10)2/h5-8,11-13H,4H2,1-3H3/t11-,12+/m0/s1. The lowest BCUT2D eigenvalue weighted by atomic mass is 10.00. The average molecular weight is 242 g/mol. The summed E-state index contributed by atoms with van der Waals surface area (Å²) in [6.07, 6.45) is 0.637. The first-order chi connectivity index (χ1) is 7.38. The number of aliphatic hydroxyl groups is 1. The molecule has 0 heterocycles. The zero-order chi connectivity index (χ0) is 12.3. The maximum Gasteiger partial charge on any atom is 0.153 e. The van der Waals surface area contributed by atoms with Crippen LogP contribution in [0.25, 0.3) is 0 Å². The maximum atomic E-state index is 11.5. The quantitative estimate of drug-likeness (QED) is 0.876. The molecule has 0 radical (unpaired) electrons. The molecule has 0 amide bonds. The third-order valence-electron chi connectivity index (χ3n) is 2.81. The number of sulfone groups is 1. The van der Waals surface area contributed by atoms with Crippen molar-refractivity contribution in [1.29, 1.82) is 0 Å². The Morgan fingerprint density at radius 1 is 1.31 bits per heavy atom. The molecule has 0 unspecified atom stereocenters. The van der Waals surface area contributed by atoms with Gasteiger partial charge in [-0.05, 0) is 24.5 Å². The molecule has 0 saturated carbocycles. The van der Waals surface area contributed by atoms with Crippen molar-refractivity contribution >= 4 is 9.84 Å². The molecule has 90 valence electrons. The van der Waals surface area contributed by atoms with Crippen LogP contribution < -0.4 is 0 Å². The lowest BCUT2D eigenvalue weighted by Crippen LogP contribution is -2.27. The SMILES string of the molecule is CC[C@@H]([C@H](O)c1ccccc1C)S(C)(=O)=O. The summed E-state index contributed by atoms with van der Waals surface area (Å²) in [5.74, 6) is 0. The van der Waals surface area contributed by atoms with E-state index in [0.717, 1.165) is 5.56 Å². The van der Waals surface area contributed by atoms with Gasteiger partial charge in [-0.3, -0.25) is 0 Å². The van der Waals surface area contributed by atoms with Gasteiger partial charge < -0.3 is 5.11 Å². The zero-order valence-electron chi connectivity index (χ0n) is 9.84. The van der Waals surface area contributed by atoms with Gasteiger partial charge in [0.2, 0.25) is 0 Å². The van der Waals surface area contributed by atoms with Crippen LogP contribution in [-0.4, -0.2) is 25.0 Å². The van der Waals surface area contributed by atoms with Gasteiger partial charge in [0.05, 0.1) is 11.4 Å². The third-order valence-corrected chi connectivity index (χ3v) is 4.50. The van der Waals surface area contributed by atoms with Gasteiger partial charge in [0, 0.05) is 6.26 Å². The van der Waals surface area contributed by atoms with Crippen LogP contribution in [0.5, 0.6) is 0 Å². The van der Waals surface area contributed by atoms with Crippen LogP contribution in [-0.2, 0) is 9.84 Å². The number of aliphatic hydroxyl groups excluding tert-OH is 1. The van der Waals surface area contributed by atoms with Crippen LogP contribution in [0.3, 0.4) is 0 Å². The fraction of sp³-hybridized carbons (Fsp3) is 0.500. The van der Waals surface area contributed by atoms with E-state index in [4.69, 9.17) is 0 Å². The van der Waals surface area contributed by atoms with Crippen molar-refractivity contribution in [1.82, 2.24) is 0 Å². The van der Waals surface area contributed by atoms with Gasteiger partial charge in [-0.1, -0.05) is 31.2 Å². The average Bonchev–Trinajstić information content (AvgIpc) is 2.17. The molecule has 1 rings (SSSR count). The smallest absolute Gasteiger partial charge is 0.153 e. The Balaban J connectivity index is 3.10. The Bertz CT molecular complexity index is 451. The number of hydrogen-bond acceptors (Lipinski definition) is 3. The second kappa shape index (κ2) is 4.97. The van der Waals surface area contributed by atoms with Gasteiger partial charge in [0.1, 0.15) is 0 Å². The lowest BCUT2D eigenvalue weighted by molar-refractivity contribution is 0.168. The second-order valence-electron chi connectivity index (χ2n) is 4.08. The van der Waals surface area contributed by atoms with Crippen LogP contribution in [0.1, 0.15) is 30.6 Å². The highest BCUT2D eigenvalue weighted by molar-refractivity contribution is 7.91. The fourth-order valence-corrected chi connectivity index (χ4v) is 3.10. The van der Waals surface area contributed by atoms with Crippen molar-refractivity contribution in [2.75, 3.05) is 6.26 Å². The summed E-state index contributed by atoms with van der Waals surface area (Å²) in [4.78, 5) is 0. The molecule has 0 aromatic heterocycles. The lowest BCUT2D eigenvalue weighted by Gasteiger charge is -2.21. The molecule has 0 fully saturated rings. The van der Waals surface area contributed by atoms with E-state index in [-0.39, 0.29) is 0 Å². The largest absolute Gasteiger partial charge is 0.387 e. The minimum absolute atomic E-state index is 0.411. The number of benzene rings is 1. The summed E-state index contributed by atoms with van der Waals surface area (Å²) in [7, 11) is -3.23. The van der Waals surface area contributed by atoms with E-state index in [9.17, 15) is 13.5 Å². The Hall–Kier alpha value is -0.870. The van der Waals surface area contributed by atoms with E-state index in [1.54, 1.807) is 19.1 Å².